The van der Waals surface area contributed by atoms with Crippen molar-refractivity contribution in [2.24, 2.45) is 0 Å². The summed E-state index contributed by atoms with van der Waals surface area (Å²) in [6.45, 7) is 10.0. The molecule has 104 valence electrons. The van der Waals surface area contributed by atoms with Crippen LogP contribution in [-0.2, 0) is 13.3 Å². The maximum absolute atomic E-state index is 5.82. The second-order valence-corrected chi connectivity index (χ2v) is 7.79. The van der Waals surface area contributed by atoms with Gasteiger partial charge in [0.2, 0.25) is 0 Å². The molecule has 0 N–H and O–H groups in total. The fourth-order valence-electron chi connectivity index (χ4n) is 1.78. The van der Waals surface area contributed by atoms with E-state index in [1.807, 2.05) is 20.8 Å². The standard InChI is InChI=1S/C12H28O3SSi/c1-5-9-10-11-12(16)17(13-6-2,14-7-3)15-8-4/h12,16H,5-11H2,1-4H3. The molecule has 0 aliphatic heterocycles. The molecule has 0 aromatic rings. The highest BCUT2D eigenvalue weighted by Gasteiger charge is 2.47. The van der Waals surface area contributed by atoms with Gasteiger partial charge in [0, 0.05) is 19.8 Å². The Labute approximate surface area is 113 Å². The highest BCUT2D eigenvalue weighted by Crippen LogP contribution is 2.24. The first kappa shape index (κ1) is 17.4. The maximum atomic E-state index is 5.82. The molecular formula is C12H28O3SSi. The molecule has 0 rings (SSSR count). The molecule has 1 atom stereocenters. The summed E-state index contributed by atoms with van der Waals surface area (Å²) in [5.74, 6) is 0. The molecule has 0 aliphatic carbocycles. The van der Waals surface area contributed by atoms with E-state index in [9.17, 15) is 0 Å². The number of unbranched alkanes of at least 4 members (excludes halogenated alkanes) is 2. The first-order chi connectivity index (χ1) is 8.16. The van der Waals surface area contributed by atoms with Gasteiger partial charge in [-0.15, -0.1) is 0 Å². The van der Waals surface area contributed by atoms with Crippen LogP contribution >= 0.6 is 12.6 Å². The third kappa shape index (κ3) is 6.24. The Balaban J connectivity index is 4.48. The maximum Gasteiger partial charge on any atom is 0.514 e. The molecule has 0 saturated heterocycles. The summed E-state index contributed by atoms with van der Waals surface area (Å²) < 4.78 is 17.5. The van der Waals surface area contributed by atoms with E-state index >= 15 is 0 Å². The number of rotatable bonds is 11. The second kappa shape index (κ2) is 10.4. The third-order valence-corrected chi connectivity index (χ3v) is 6.91. The van der Waals surface area contributed by atoms with Crippen molar-refractivity contribution in [3.8, 4) is 0 Å². The lowest BCUT2D eigenvalue weighted by molar-refractivity contribution is 0.0688. The van der Waals surface area contributed by atoms with Crippen molar-refractivity contribution < 1.29 is 13.3 Å². The Bertz CT molecular complexity index is 164. The molecule has 0 radical (unpaired) electrons. The Morgan fingerprint density at radius 2 is 1.35 bits per heavy atom. The van der Waals surface area contributed by atoms with Gasteiger partial charge in [0.15, 0.2) is 0 Å². The van der Waals surface area contributed by atoms with Crippen molar-refractivity contribution in [2.45, 2.75) is 58.3 Å². The summed E-state index contributed by atoms with van der Waals surface area (Å²) in [4.78, 5) is 0.0916. The van der Waals surface area contributed by atoms with Crippen LogP contribution < -0.4 is 0 Å². The van der Waals surface area contributed by atoms with E-state index in [4.69, 9.17) is 13.3 Å². The van der Waals surface area contributed by atoms with Crippen molar-refractivity contribution in [3.63, 3.8) is 0 Å². The molecule has 0 aromatic heterocycles. The predicted octanol–water partition coefficient (Wildman–Crippen LogP) is 3.45. The van der Waals surface area contributed by atoms with E-state index in [0.717, 1.165) is 12.8 Å². The van der Waals surface area contributed by atoms with Crippen LogP contribution in [0.2, 0.25) is 0 Å². The molecule has 0 saturated carbocycles. The summed E-state index contributed by atoms with van der Waals surface area (Å²) in [6, 6.07) is 0. The first-order valence-corrected chi connectivity index (χ1v) is 9.08. The van der Waals surface area contributed by atoms with Crippen LogP contribution in [0, 0.1) is 0 Å². The van der Waals surface area contributed by atoms with E-state index in [-0.39, 0.29) is 4.87 Å². The highest BCUT2D eigenvalue weighted by atomic mass is 32.1. The zero-order valence-corrected chi connectivity index (χ0v) is 13.6. The molecule has 3 nitrogen and oxygen atoms in total. The van der Waals surface area contributed by atoms with Crippen molar-refractivity contribution in [2.75, 3.05) is 19.8 Å². The molecule has 0 spiro atoms. The van der Waals surface area contributed by atoms with Gasteiger partial charge in [-0.1, -0.05) is 26.2 Å². The van der Waals surface area contributed by atoms with Crippen molar-refractivity contribution in [3.05, 3.63) is 0 Å². The van der Waals surface area contributed by atoms with Crippen molar-refractivity contribution >= 4 is 21.4 Å². The molecule has 0 aliphatic rings. The summed E-state index contributed by atoms with van der Waals surface area (Å²) in [5, 5.41) is 0. The van der Waals surface area contributed by atoms with Crippen LogP contribution in [0.15, 0.2) is 0 Å². The van der Waals surface area contributed by atoms with E-state index < -0.39 is 8.80 Å². The zero-order valence-electron chi connectivity index (χ0n) is 11.7. The Morgan fingerprint density at radius 1 is 0.882 bits per heavy atom. The van der Waals surface area contributed by atoms with Gasteiger partial charge in [0.25, 0.3) is 0 Å². The smallest absolute Gasteiger partial charge is 0.373 e. The predicted molar refractivity (Wildman–Crippen MR) is 77.5 cm³/mol. The largest absolute Gasteiger partial charge is 0.514 e. The van der Waals surface area contributed by atoms with E-state index in [1.165, 1.54) is 12.8 Å². The number of hydrogen-bond acceptors (Lipinski definition) is 4. The van der Waals surface area contributed by atoms with Gasteiger partial charge in [0.05, 0.1) is 4.87 Å². The SMILES string of the molecule is CCCCCC(S)[Si](OCC)(OCC)OCC. The molecule has 0 heterocycles. The van der Waals surface area contributed by atoms with Crippen LogP contribution in [-0.4, -0.2) is 33.5 Å². The summed E-state index contributed by atoms with van der Waals surface area (Å²) >= 11 is 4.67. The van der Waals surface area contributed by atoms with Gasteiger partial charge in [-0.25, -0.2) is 0 Å². The average molecular weight is 281 g/mol. The molecule has 0 amide bonds. The average Bonchev–Trinajstić information content (AvgIpc) is 2.30. The van der Waals surface area contributed by atoms with Gasteiger partial charge >= 0.3 is 8.80 Å². The minimum absolute atomic E-state index is 0.0916. The van der Waals surface area contributed by atoms with Gasteiger partial charge < -0.3 is 13.3 Å². The minimum Gasteiger partial charge on any atom is -0.373 e. The Hall–Kier alpha value is 0.447. The molecule has 1 unspecified atom stereocenters. The van der Waals surface area contributed by atoms with Crippen LogP contribution in [0.3, 0.4) is 0 Å². The van der Waals surface area contributed by atoms with Crippen molar-refractivity contribution in [1.82, 2.24) is 0 Å². The van der Waals surface area contributed by atoms with Crippen molar-refractivity contribution in [1.29, 1.82) is 0 Å². The second-order valence-electron chi connectivity index (χ2n) is 3.91. The van der Waals surface area contributed by atoms with Gasteiger partial charge in [-0.2, -0.15) is 12.6 Å². The van der Waals surface area contributed by atoms with Gasteiger partial charge in [-0.3, -0.25) is 0 Å². The molecular weight excluding hydrogens is 252 g/mol. The van der Waals surface area contributed by atoms with Crippen LogP contribution in [0.1, 0.15) is 53.4 Å². The lowest BCUT2D eigenvalue weighted by Gasteiger charge is -2.32. The number of thiol groups is 1. The fourth-order valence-corrected chi connectivity index (χ4v) is 5.23. The first-order valence-electron chi connectivity index (χ1n) is 6.76. The van der Waals surface area contributed by atoms with Crippen LogP contribution in [0.4, 0.5) is 0 Å². The Morgan fingerprint density at radius 3 is 1.71 bits per heavy atom. The molecule has 0 aromatic carbocycles. The normalized spacial score (nSPS) is 13.9. The molecule has 17 heavy (non-hydrogen) atoms. The summed E-state index contributed by atoms with van der Waals surface area (Å²) in [6.07, 6.45) is 4.61. The molecule has 5 heteroatoms. The van der Waals surface area contributed by atoms with E-state index in [2.05, 4.69) is 19.6 Å². The number of hydrogen-bond donors (Lipinski definition) is 1. The Kier molecular flexibility index (Phi) is 10.6. The van der Waals surface area contributed by atoms with Crippen LogP contribution in [0.25, 0.3) is 0 Å². The van der Waals surface area contributed by atoms with Gasteiger partial charge in [0.1, 0.15) is 0 Å². The zero-order chi connectivity index (χ0) is 13.1. The minimum atomic E-state index is -2.58. The third-order valence-electron chi connectivity index (χ3n) is 2.53. The summed E-state index contributed by atoms with van der Waals surface area (Å²) in [5.41, 5.74) is 0. The van der Waals surface area contributed by atoms with Crippen LogP contribution in [0.5, 0.6) is 0 Å². The van der Waals surface area contributed by atoms with E-state index in [1.54, 1.807) is 0 Å². The molecule has 0 bridgehead atoms. The monoisotopic (exact) mass is 280 g/mol. The fraction of sp³-hybridized carbons (Fsp3) is 1.00. The lowest BCUT2D eigenvalue weighted by Crippen LogP contribution is -2.54. The van der Waals surface area contributed by atoms with Gasteiger partial charge in [-0.05, 0) is 27.2 Å². The highest BCUT2D eigenvalue weighted by molar-refractivity contribution is 7.83. The van der Waals surface area contributed by atoms with E-state index in [0.29, 0.717) is 19.8 Å². The molecule has 0 fully saturated rings. The topological polar surface area (TPSA) is 27.7 Å². The lowest BCUT2D eigenvalue weighted by atomic mass is 10.2. The summed E-state index contributed by atoms with van der Waals surface area (Å²) in [7, 11) is -2.58. The quantitative estimate of drug-likeness (QED) is 0.357.